The van der Waals surface area contributed by atoms with Gasteiger partial charge in [0.2, 0.25) is 0 Å². The average Bonchev–Trinajstić information content (AvgIpc) is 2.98. The molecule has 30 heavy (non-hydrogen) atoms. The maximum absolute atomic E-state index is 13.4. The monoisotopic (exact) mass is 428 g/mol. The summed E-state index contributed by atoms with van der Waals surface area (Å²) in [5.41, 5.74) is 1.13. The number of Topliss-reactive ketones (excluding diaryl/α,β-unsaturated/α-hetero) is 1. The third kappa shape index (κ3) is 3.08. The summed E-state index contributed by atoms with van der Waals surface area (Å²) in [5.74, 6) is -0.275. The maximum atomic E-state index is 13.4. The smallest absolute Gasteiger partial charge is 0.317 e. The molecule has 0 saturated carbocycles. The first kappa shape index (κ1) is 18.9. The molecule has 1 saturated heterocycles. The number of hydrogen-bond acceptors (Lipinski definition) is 4. The minimum absolute atomic E-state index is 0.125. The van der Waals surface area contributed by atoms with Gasteiger partial charge in [0.25, 0.3) is 0 Å². The van der Waals surface area contributed by atoms with Gasteiger partial charge in [-0.15, -0.1) is 0 Å². The largest absolute Gasteiger partial charge is 0.482 e. The van der Waals surface area contributed by atoms with E-state index < -0.39 is 11.4 Å². The van der Waals surface area contributed by atoms with Gasteiger partial charge in [-0.05, 0) is 29.8 Å². The molecule has 0 aliphatic carbocycles. The summed E-state index contributed by atoms with van der Waals surface area (Å²) >= 11 is 6.21. The third-order valence-electron chi connectivity index (χ3n) is 5.56. The van der Waals surface area contributed by atoms with Crippen molar-refractivity contribution in [2.45, 2.75) is 18.6 Å². The Morgan fingerprint density at radius 1 is 1.37 bits per heavy atom. The van der Waals surface area contributed by atoms with Crippen LogP contribution in [0.3, 0.4) is 0 Å². The van der Waals surface area contributed by atoms with E-state index in [0.29, 0.717) is 30.4 Å². The number of nitrogens with one attached hydrogen (secondary N) is 1. The first-order valence-electron chi connectivity index (χ1n) is 9.48. The van der Waals surface area contributed by atoms with Crippen LogP contribution >= 0.6 is 11.6 Å². The first-order chi connectivity index (χ1) is 14.3. The number of pyridine rings is 1. The highest BCUT2D eigenvalue weighted by Gasteiger charge is 2.51. The molecule has 2 aliphatic rings. The van der Waals surface area contributed by atoms with Crippen molar-refractivity contribution in [3.8, 4) is 5.75 Å². The Morgan fingerprint density at radius 2 is 2.17 bits per heavy atom. The summed E-state index contributed by atoms with van der Waals surface area (Å²) in [7, 11) is 1.87. The Morgan fingerprint density at radius 3 is 2.97 bits per heavy atom. The van der Waals surface area contributed by atoms with Gasteiger partial charge in [-0.1, -0.05) is 11.6 Å². The minimum atomic E-state index is -0.739. The Bertz CT molecular complexity index is 1200. The summed E-state index contributed by atoms with van der Waals surface area (Å²) in [5, 5.41) is 4.30. The third-order valence-corrected chi connectivity index (χ3v) is 5.86. The zero-order valence-corrected chi connectivity index (χ0v) is 16.9. The highest BCUT2D eigenvalue weighted by molar-refractivity contribution is 6.35. The molecule has 2 aromatic heterocycles. The molecule has 0 unspecified atom stereocenters. The zero-order chi connectivity index (χ0) is 21.0. The second kappa shape index (κ2) is 6.70. The summed E-state index contributed by atoms with van der Waals surface area (Å²) < 4.78 is 21.2. The molecule has 0 atom stereocenters. The Kier molecular flexibility index (Phi) is 4.21. The van der Waals surface area contributed by atoms with Gasteiger partial charge in [-0.25, -0.2) is 14.2 Å². The van der Waals surface area contributed by atoms with E-state index in [-0.39, 0.29) is 23.8 Å². The lowest BCUT2D eigenvalue weighted by Gasteiger charge is -2.50. The van der Waals surface area contributed by atoms with Crippen LogP contribution in [-0.2, 0) is 13.6 Å². The summed E-state index contributed by atoms with van der Waals surface area (Å²) in [6.45, 7) is 0.894. The van der Waals surface area contributed by atoms with Crippen LogP contribution in [-0.4, -0.2) is 45.0 Å². The van der Waals surface area contributed by atoms with Gasteiger partial charge < -0.3 is 19.5 Å². The molecule has 154 valence electrons. The number of carbonyl (C=O) groups excluding carboxylic acids is 2. The summed E-state index contributed by atoms with van der Waals surface area (Å²) in [4.78, 5) is 30.9. The van der Waals surface area contributed by atoms with Crippen molar-refractivity contribution in [2.75, 3.05) is 13.1 Å². The van der Waals surface area contributed by atoms with E-state index in [1.54, 1.807) is 17.3 Å². The lowest BCUT2D eigenvalue weighted by Crippen LogP contribution is -2.69. The van der Waals surface area contributed by atoms with Crippen LogP contribution in [0.4, 0.5) is 9.18 Å². The number of nitrogens with zero attached hydrogens (tertiary/aromatic N) is 3. The molecule has 2 aliphatic heterocycles. The van der Waals surface area contributed by atoms with Crippen LogP contribution in [0.15, 0.2) is 36.7 Å². The van der Waals surface area contributed by atoms with Crippen molar-refractivity contribution in [3.05, 3.63) is 58.6 Å². The fourth-order valence-electron chi connectivity index (χ4n) is 4.08. The molecule has 0 radical (unpaired) electrons. The number of amides is 2. The maximum Gasteiger partial charge on any atom is 0.317 e. The number of ether oxygens (including phenoxy) is 1. The number of aryl methyl sites for hydroxylation is 1. The second-order valence-corrected chi connectivity index (χ2v) is 8.25. The van der Waals surface area contributed by atoms with Crippen molar-refractivity contribution < 1.29 is 18.7 Å². The van der Waals surface area contributed by atoms with Gasteiger partial charge in [0.1, 0.15) is 17.2 Å². The van der Waals surface area contributed by atoms with Gasteiger partial charge >= 0.3 is 6.03 Å². The molecule has 1 spiro atoms. The predicted octanol–water partition coefficient (Wildman–Crippen LogP) is 3.30. The van der Waals surface area contributed by atoms with E-state index in [1.807, 2.05) is 17.7 Å². The van der Waals surface area contributed by atoms with E-state index in [4.69, 9.17) is 16.3 Å². The Balaban J connectivity index is 1.22. The number of rotatable bonds is 2. The van der Waals surface area contributed by atoms with Gasteiger partial charge in [0.05, 0.1) is 30.1 Å². The summed E-state index contributed by atoms with van der Waals surface area (Å²) in [6.07, 6.45) is 3.62. The van der Waals surface area contributed by atoms with Crippen LogP contribution in [0.2, 0.25) is 5.02 Å². The number of benzene rings is 1. The number of carbonyl (C=O) groups is 2. The van der Waals surface area contributed by atoms with Crippen LogP contribution < -0.4 is 10.1 Å². The molecule has 0 bridgehead atoms. The quantitative estimate of drug-likeness (QED) is 0.679. The fraction of sp³-hybridized carbons (Fsp3) is 0.286. The molecule has 7 nitrogen and oxygen atoms in total. The molecular weight excluding hydrogens is 411 g/mol. The van der Waals surface area contributed by atoms with Crippen molar-refractivity contribution >= 4 is 34.4 Å². The van der Waals surface area contributed by atoms with E-state index >= 15 is 0 Å². The lowest BCUT2D eigenvalue weighted by atomic mass is 9.84. The molecule has 2 amide bonds. The number of hydrogen-bond donors (Lipinski definition) is 1. The number of urea groups is 1. The normalized spacial score (nSPS) is 16.9. The SMILES string of the molecule is Cn1cc(Cl)c2cc(CNC(=O)N3CC4(CC(=O)c5cc(F)ccc5O4)C3)cnc21. The van der Waals surface area contributed by atoms with Gasteiger partial charge in [-0.2, -0.15) is 0 Å². The molecule has 3 aromatic rings. The van der Waals surface area contributed by atoms with E-state index in [2.05, 4.69) is 10.3 Å². The van der Waals surface area contributed by atoms with Gasteiger partial charge in [0.15, 0.2) is 11.4 Å². The van der Waals surface area contributed by atoms with Crippen molar-refractivity contribution in [2.24, 2.45) is 7.05 Å². The van der Waals surface area contributed by atoms with Crippen LogP contribution in [0.25, 0.3) is 11.0 Å². The highest BCUT2D eigenvalue weighted by atomic mass is 35.5. The van der Waals surface area contributed by atoms with E-state index in [0.717, 1.165) is 16.6 Å². The minimum Gasteiger partial charge on any atom is -0.482 e. The highest BCUT2D eigenvalue weighted by Crippen LogP contribution is 2.39. The molecular formula is C21H18ClFN4O3. The lowest BCUT2D eigenvalue weighted by molar-refractivity contribution is -0.0597. The van der Waals surface area contributed by atoms with Crippen LogP contribution in [0, 0.1) is 5.82 Å². The molecule has 5 rings (SSSR count). The first-order valence-corrected chi connectivity index (χ1v) is 9.85. The molecule has 9 heteroatoms. The Labute approximate surface area is 176 Å². The van der Waals surface area contributed by atoms with Gasteiger partial charge in [-0.3, -0.25) is 4.79 Å². The number of halogens is 2. The van der Waals surface area contributed by atoms with Crippen LogP contribution in [0.5, 0.6) is 5.75 Å². The average molecular weight is 429 g/mol. The predicted molar refractivity (Wildman–Crippen MR) is 108 cm³/mol. The molecule has 1 aromatic carbocycles. The number of ketones is 1. The second-order valence-electron chi connectivity index (χ2n) is 7.84. The van der Waals surface area contributed by atoms with E-state index in [1.165, 1.54) is 18.2 Å². The topological polar surface area (TPSA) is 76.5 Å². The van der Waals surface area contributed by atoms with Crippen molar-refractivity contribution in [3.63, 3.8) is 0 Å². The molecule has 1 fully saturated rings. The number of fused-ring (bicyclic) bond motifs is 2. The number of aromatic nitrogens is 2. The van der Waals surface area contributed by atoms with Gasteiger partial charge in [0, 0.05) is 31.4 Å². The van der Waals surface area contributed by atoms with Crippen molar-refractivity contribution in [1.82, 2.24) is 19.8 Å². The van der Waals surface area contributed by atoms with E-state index in [9.17, 15) is 14.0 Å². The van der Waals surface area contributed by atoms with Crippen molar-refractivity contribution in [1.29, 1.82) is 0 Å². The number of likely N-dealkylation sites (tertiary alicyclic amines) is 1. The zero-order valence-electron chi connectivity index (χ0n) is 16.1. The fourth-order valence-corrected chi connectivity index (χ4v) is 4.37. The Hall–Kier alpha value is -3.13. The molecule has 4 heterocycles. The standard InChI is InChI=1S/C21H18ClFN4O3/c1-26-9-16(22)14-4-12(7-24-19(14)26)8-25-20(29)27-10-21(11-27)6-17(28)15-5-13(23)2-3-18(15)30-21/h2-5,7,9H,6,8,10-11H2,1H3,(H,25,29). The summed E-state index contributed by atoms with van der Waals surface area (Å²) in [6, 6.07) is 5.57. The van der Waals surface area contributed by atoms with Crippen LogP contribution in [0.1, 0.15) is 22.3 Å². The molecule has 1 N–H and O–H groups in total.